The van der Waals surface area contributed by atoms with Gasteiger partial charge in [0.1, 0.15) is 6.23 Å². The highest BCUT2D eigenvalue weighted by Crippen LogP contribution is 2.45. The summed E-state index contributed by atoms with van der Waals surface area (Å²) in [5.74, 6) is -0.0462. The molecule has 0 bridgehead atoms. The maximum atomic E-state index is 13.1. The molecule has 7 rings (SSSR count). The Morgan fingerprint density at radius 3 is 2.67 bits per heavy atom. The van der Waals surface area contributed by atoms with Crippen LogP contribution in [0.1, 0.15) is 35.5 Å². The average Bonchev–Trinajstić information content (AvgIpc) is 3.48. The first-order valence-corrected chi connectivity index (χ1v) is 11.4. The van der Waals surface area contributed by atoms with Gasteiger partial charge >= 0.3 is 0 Å². The molecule has 5 N–H and O–H groups in total. The molecule has 7 nitrogen and oxygen atoms in total. The van der Waals surface area contributed by atoms with E-state index in [4.69, 9.17) is 10.5 Å². The number of aliphatic hydroxyl groups excluding tert-OH is 1. The predicted octanol–water partition coefficient (Wildman–Crippen LogP) is 3.67. The van der Waals surface area contributed by atoms with Gasteiger partial charge in [0.15, 0.2) is 0 Å². The lowest BCUT2D eigenvalue weighted by molar-refractivity contribution is -0.142. The number of aromatic amines is 1. The van der Waals surface area contributed by atoms with Crippen LogP contribution in [0.4, 0.5) is 0 Å². The summed E-state index contributed by atoms with van der Waals surface area (Å²) in [6.45, 7) is 2.37. The zero-order valence-corrected chi connectivity index (χ0v) is 18.1. The molecule has 166 valence electrons. The third-order valence-corrected chi connectivity index (χ3v) is 7.41. The van der Waals surface area contributed by atoms with E-state index in [0.29, 0.717) is 13.0 Å². The minimum absolute atomic E-state index is 0.0462. The number of amides is 1. The van der Waals surface area contributed by atoms with Crippen LogP contribution in [0, 0.1) is 0 Å². The van der Waals surface area contributed by atoms with Gasteiger partial charge in [0.2, 0.25) is 0 Å². The number of carbonyl (C=O) groups is 1. The fourth-order valence-electron chi connectivity index (χ4n) is 5.92. The molecule has 0 radical (unpaired) electrons. The number of carbonyl (C=O) groups excluding carboxylic acids is 1. The second-order valence-electron chi connectivity index (χ2n) is 9.25. The van der Waals surface area contributed by atoms with Crippen molar-refractivity contribution in [2.24, 2.45) is 5.73 Å². The highest BCUT2D eigenvalue weighted by atomic mass is 16.5. The van der Waals surface area contributed by atoms with E-state index in [-0.39, 0.29) is 12.1 Å². The van der Waals surface area contributed by atoms with Gasteiger partial charge in [-0.15, -0.1) is 0 Å². The average molecular weight is 441 g/mol. The van der Waals surface area contributed by atoms with Crippen LogP contribution in [0.5, 0.6) is 0 Å². The Bertz CT molecular complexity index is 1600. The number of para-hydroxylation sites is 2. The minimum Gasteiger partial charge on any atom is -0.389 e. The Morgan fingerprint density at radius 1 is 1.09 bits per heavy atom. The van der Waals surface area contributed by atoms with Crippen LogP contribution < -0.4 is 11.1 Å². The number of hydrogen-bond acceptors (Lipinski definition) is 4. The SMILES string of the molecule is CC1OC(n2c3ccccc3c3c4c(c5c6ccccc6[nH]c5c32)CNC4=O)CC(N)C1O. The van der Waals surface area contributed by atoms with Crippen molar-refractivity contribution < 1.29 is 14.6 Å². The number of H-pyrrole nitrogens is 1. The van der Waals surface area contributed by atoms with Gasteiger partial charge in [0.25, 0.3) is 5.91 Å². The van der Waals surface area contributed by atoms with Crippen LogP contribution in [0.15, 0.2) is 48.5 Å². The molecule has 2 aromatic heterocycles. The number of hydrogen-bond donors (Lipinski definition) is 4. The topological polar surface area (TPSA) is 105 Å². The summed E-state index contributed by atoms with van der Waals surface area (Å²) in [7, 11) is 0. The highest BCUT2D eigenvalue weighted by molar-refractivity contribution is 6.30. The Hall–Kier alpha value is -3.39. The van der Waals surface area contributed by atoms with Crippen molar-refractivity contribution in [2.75, 3.05) is 0 Å². The van der Waals surface area contributed by atoms with E-state index in [1.54, 1.807) is 0 Å². The number of aliphatic hydroxyl groups is 1. The lowest BCUT2D eigenvalue weighted by atomic mass is 9.97. The lowest BCUT2D eigenvalue weighted by Crippen LogP contribution is -2.49. The van der Waals surface area contributed by atoms with Crippen LogP contribution in [-0.2, 0) is 11.3 Å². The molecule has 33 heavy (non-hydrogen) atoms. The Labute approximate surface area is 189 Å². The van der Waals surface area contributed by atoms with Gasteiger partial charge in [-0.25, -0.2) is 0 Å². The van der Waals surface area contributed by atoms with E-state index in [1.165, 1.54) is 0 Å². The van der Waals surface area contributed by atoms with Gasteiger partial charge < -0.3 is 30.4 Å². The van der Waals surface area contributed by atoms with Gasteiger partial charge in [-0.1, -0.05) is 36.4 Å². The first-order chi connectivity index (χ1) is 16.0. The number of fused-ring (bicyclic) bond motifs is 10. The van der Waals surface area contributed by atoms with Crippen LogP contribution in [0.3, 0.4) is 0 Å². The molecule has 1 fully saturated rings. The molecule has 1 saturated heterocycles. The molecular formula is C26H24N4O3. The summed E-state index contributed by atoms with van der Waals surface area (Å²) in [5, 5.41) is 17.6. The Kier molecular flexibility index (Phi) is 3.81. The van der Waals surface area contributed by atoms with Gasteiger partial charge in [-0.05, 0) is 24.6 Å². The second kappa shape index (κ2) is 6.57. The molecular weight excluding hydrogens is 416 g/mol. The first-order valence-electron chi connectivity index (χ1n) is 11.4. The molecule has 4 unspecified atom stereocenters. The van der Waals surface area contributed by atoms with Gasteiger partial charge in [-0.2, -0.15) is 0 Å². The third kappa shape index (κ3) is 2.41. The van der Waals surface area contributed by atoms with Crippen LogP contribution >= 0.6 is 0 Å². The smallest absolute Gasteiger partial charge is 0.252 e. The van der Waals surface area contributed by atoms with Crippen LogP contribution in [-0.4, -0.2) is 38.8 Å². The van der Waals surface area contributed by atoms with Crippen molar-refractivity contribution in [2.45, 2.75) is 44.4 Å². The molecule has 4 heterocycles. The van der Waals surface area contributed by atoms with E-state index in [0.717, 1.165) is 54.7 Å². The van der Waals surface area contributed by atoms with E-state index < -0.39 is 18.2 Å². The quantitative estimate of drug-likeness (QED) is 0.319. The fourth-order valence-corrected chi connectivity index (χ4v) is 5.92. The van der Waals surface area contributed by atoms with E-state index in [1.807, 2.05) is 31.2 Å². The number of ether oxygens (including phenoxy) is 1. The van der Waals surface area contributed by atoms with Crippen molar-refractivity contribution in [3.8, 4) is 0 Å². The summed E-state index contributed by atoms with van der Waals surface area (Å²) in [5.41, 5.74) is 12.1. The van der Waals surface area contributed by atoms with E-state index >= 15 is 0 Å². The summed E-state index contributed by atoms with van der Waals surface area (Å²) < 4.78 is 8.49. The van der Waals surface area contributed by atoms with Crippen molar-refractivity contribution in [3.63, 3.8) is 0 Å². The largest absolute Gasteiger partial charge is 0.389 e. The predicted molar refractivity (Wildman–Crippen MR) is 128 cm³/mol. The molecule has 1 amide bonds. The fraction of sp³-hybridized carbons (Fsp3) is 0.269. The van der Waals surface area contributed by atoms with E-state index in [9.17, 15) is 9.90 Å². The zero-order valence-electron chi connectivity index (χ0n) is 18.1. The molecule has 3 aromatic carbocycles. The van der Waals surface area contributed by atoms with Crippen molar-refractivity contribution in [1.29, 1.82) is 0 Å². The van der Waals surface area contributed by atoms with Gasteiger partial charge in [0.05, 0.1) is 34.3 Å². The summed E-state index contributed by atoms with van der Waals surface area (Å²) in [6, 6.07) is 15.9. The lowest BCUT2D eigenvalue weighted by Gasteiger charge is -2.37. The Balaban J connectivity index is 1.69. The molecule has 7 heteroatoms. The molecule has 0 aliphatic carbocycles. The standard InChI is InChI=1S/C26H24N4O3/c1-12-25(31)16(27)10-19(33-12)30-18-9-5-3-7-14(18)21-22-15(11-28-26(22)32)20-13-6-2-4-8-17(13)29-23(20)24(21)30/h2-9,12,16,19,25,29,31H,10-11,27H2,1H3,(H,28,32). The number of aromatic nitrogens is 2. The zero-order chi connectivity index (χ0) is 22.4. The first kappa shape index (κ1) is 19.1. The number of nitrogens with one attached hydrogen (secondary N) is 2. The summed E-state index contributed by atoms with van der Waals surface area (Å²) in [6.07, 6.45) is -0.995. The molecule has 2 aliphatic rings. The monoisotopic (exact) mass is 440 g/mol. The van der Waals surface area contributed by atoms with Gasteiger partial charge in [-0.3, -0.25) is 4.79 Å². The van der Waals surface area contributed by atoms with E-state index in [2.05, 4.69) is 39.1 Å². The van der Waals surface area contributed by atoms with Crippen LogP contribution in [0.2, 0.25) is 0 Å². The molecule has 4 atom stereocenters. The highest BCUT2D eigenvalue weighted by Gasteiger charge is 2.37. The Morgan fingerprint density at radius 2 is 1.85 bits per heavy atom. The molecule has 2 aliphatic heterocycles. The normalized spacial score (nSPS) is 25.4. The van der Waals surface area contributed by atoms with Gasteiger partial charge in [0, 0.05) is 46.1 Å². The second-order valence-corrected chi connectivity index (χ2v) is 9.25. The van der Waals surface area contributed by atoms with Crippen molar-refractivity contribution >= 4 is 49.5 Å². The van der Waals surface area contributed by atoms with Crippen molar-refractivity contribution in [3.05, 3.63) is 59.7 Å². The third-order valence-electron chi connectivity index (χ3n) is 7.41. The number of rotatable bonds is 1. The minimum atomic E-state index is -0.711. The summed E-state index contributed by atoms with van der Waals surface area (Å²) >= 11 is 0. The number of nitrogens with zero attached hydrogens (tertiary/aromatic N) is 1. The number of benzene rings is 3. The molecule has 0 spiro atoms. The maximum absolute atomic E-state index is 13.1. The molecule has 0 saturated carbocycles. The van der Waals surface area contributed by atoms with Crippen molar-refractivity contribution in [1.82, 2.24) is 14.9 Å². The number of nitrogens with two attached hydrogens (primary N) is 1. The maximum Gasteiger partial charge on any atom is 0.252 e. The molecule has 5 aromatic rings. The summed E-state index contributed by atoms with van der Waals surface area (Å²) in [4.78, 5) is 16.8. The van der Waals surface area contributed by atoms with Crippen LogP contribution in [0.25, 0.3) is 43.6 Å².